The van der Waals surface area contributed by atoms with Crippen molar-refractivity contribution in [2.75, 3.05) is 0 Å². The maximum atomic E-state index is 10.7. The molecule has 8 heteroatoms. The first-order valence-electron chi connectivity index (χ1n) is 8.87. The minimum atomic E-state index is -6.09. The first kappa shape index (κ1) is 24.0. The Labute approximate surface area is 177 Å². The maximum Gasteiger partial charge on any atom is 0.485 e. The van der Waals surface area contributed by atoms with Gasteiger partial charge in [-0.2, -0.15) is 13.2 Å². The van der Waals surface area contributed by atoms with Gasteiger partial charge < -0.3 is 4.55 Å². The molecule has 0 fully saturated rings. The van der Waals surface area contributed by atoms with E-state index in [4.69, 9.17) is 13.0 Å². The molecule has 0 atom stereocenters. The van der Waals surface area contributed by atoms with E-state index in [0.717, 1.165) is 0 Å². The van der Waals surface area contributed by atoms with Crippen molar-refractivity contribution in [3.8, 4) is 0 Å². The van der Waals surface area contributed by atoms with Crippen LogP contribution in [0.3, 0.4) is 0 Å². The Bertz CT molecular complexity index is 1040. The monoisotopic (exact) mass is 454 g/mol. The van der Waals surface area contributed by atoms with Crippen molar-refractivity contribution in [3.05, 3.63) is 89.5 Å². The Balaban J connectivity index is 0.000000343. The molecule has 0 unspecified atom stereocenters. The van der Waals surface area contributed by atoms with E-state index in [9.17, 15) is 13.2 Å². The molecule has 3 aromatic carbocycles. The molecule has 0 saturated heterocycles. The normalized spacial score (nSPS) is 11.7. The van der Waals surface area contributed by atoms with E-state index in [2.05, 4.69) is 93.6 Å². The third-order valence-corrected chi connectivity index (χ3v) is 7.41. The Morgan fingerprint density at radius 3 is 1.50 bits per heavy atom. The van der Waals surface area contributed by atoms with E-state index in [-0.39, 0.29) is 10.9 Å². The van der Waals surface area contributed by atoms with E-state index in [1.807, 2.05) is 0 Å². The van der Waals surface area contributed by atoms with Crippen LogP contribution in [-0.4, -0.2) is 18.5 Å². The second-order valence-corrected chi connectivity index (χ2v) is 9.83. The molecule has 0 saturated carbocycles. The largest absolute Gasteiger partial charge is 0.741 e. The van der Waals surface area contributed by atoms with Gasteiger partial charge in [0.05, 0.1) is 10.9 Å². The van der Waals surface area contributed by atoms with Crippen molar-refractivity contribution in [1.82, 2.24) is 0 Å². The van der Waals surface area contributed by atoms with Crippen LogP contribution in [0.15, 0.2) is 87.5 Å². The maximum absolute atomic E-state index is 10.7. The lowest BCUT2D eigenvalue weighted by molar-refractivity contribution is -0.0517. The summed E-state index contributed by atoms with van der Waals surface area (Å²) in [5, 5.41) is 0. The third kappa shape index (κ3) is 5.87. The fraction of sp³-hybridized carbons (Fsp3) is 0.182. The van der Waals surface area contributed by atoms with Gasteiger partial charge in [-0.1, -0.05) is 42.5 Å². The first-order valence-corrected chi connectivity index (χ1v) is 11.5. The number of alkyl halides is 3. The molecule has 3 rings (SSSR count). The highest BCUT2D eigenvalue weighted by Gasteiger charge is 2.37. The molecule has 160 valence electrons. The van der Waals surface area contributed by atoms with Crippen LogP contribution < -0.4 is 0 Å². The molecular formula is C22H21F3O3S2. The second-order valence-electron chi connectivity index (χ2n) is 6.46. The van der Waals surface area contributed by atoms with Crippen molar-refractivity contribution in [2.24, 2.45) is 0 Å². The molecule has 3 aromatic rings. The summed E-state index contributed by atoms with van der Waals surface area (Å²) in [6, 6.07) is 26.2. The molecule has 3 nitrogen and oxygen atoms in total. The number of benzene rings is 3. The van der Waals surface area contributed by atoms with E-state index in [1.165, 1.54) is 31.4 Å². The van der Waals surface area contributed by atoms with Crippen molar-refractivity contribution < 1.29 is 26.1 Å². The fourth-order valence-electron chi connectivity index (χ4n) is 2.66. The Morgan fingerprint density at radius 2 is 1.13 bits per heavy atom. The molecule has 0 aliphatic rings. The summed E-state index contributed by atoms with van der Waals surface area (Å²) in [6.45, 7) is 6.67. The summed E-state index contributed by atoms with van der Waals surface area (Å²) in [5.74, 6) is 0. The van der Waals surface area contributed by atoms with Crippen LogP contribution in [0.1, 0.15) is 16.7 Å². The predicted molar refractivity (Wildman–Crippen MR) is 111 cm³/mol. The lowest BCUT2D eigenvalue weighted by Gasteiger charge is -2.13. The average Bonchev–Trinajstić information content (AvgIpc) is 2.69. The molecule has 0 heterocycles. The number of halogens is 3. The second kappa shape index (κ2) is 9.68. The Hall–Kier alpha value is -2.29. The molecule has 0 aromatic heterocycles. The van der Waals surface area contributed by atoms with Gasteiger partial charge in [0.2, 0.25) is 0 Å². The third-order valence-electron chi connectivity index (χ3n) is 4.47. The zero-order valence-electron chi connectivity index (χ0n) is 16.6. The average molecular weight is 455 g/mol. The molecule has 0 bridgehead atoms. The standard InChI is InChI=1S/C21H21S.CHF3O3S/c1-16-14-15-21(18(3)17(16)2)22(19-10-6-4-7-11-19)20-12-8-5-9-13-20;2-1(3,4)8(5,6)7/h4-15H,1-3H3;(H,5,6,7)/q+1;/p-1. The van der Waals surface area contributed by atoms with Crippen LogP contribution in [0, 0.1) is 20.8 Å². The van der Waals surface area contributed by atoms with Crippen LogP contribution in [0.4, 0.5) is 13.2 Å². The molecule has 0 amide bonds. The highest BCUT2D eigenvalue weighted by molar-refractivity contribution is 7.97. The van der Waals surface area contributed by atoms with Gasteiger partial charge in [-0.25, -0.2) is 8.42 Å². The van der Waals surface area contributed by atoms with E-state index in [0.29, 0.717) is 0 Å². The quantitative estimate of drug-likeness (QED) is 0.287. The highest BCUT2D eigenvalue weighted by Crippen LogP contribution is 2.34. The van der Waals surface area contributed by atoms with Crippen molar-refractivity contribution in [1.29, 1.82) is 0 Å². The van der Waals surface area contributed by atoms with Crippen LogP contribution in [0.25, 0.3) is 0 Å². The molecule has 0 spiro atoms. The Kier molecular flexibility index (Phi) is 7.74. The summed E-state index contributed by atoms with van der Waals surface area (Å²) >= 11 is 0. The molecular weight excluding hydrogens is 433 g/mol. The van der Waals surface area contributed by atoms with Crippen molar-refractivity contribution >= 4 is 21.0 Å². The van der Waals surface area contributed by atoms with Crippen molar-refractivity contribution in [3.63, 3.8) is 0 Å². The van der Waals surface area contributed by atoms with Crippen LogP contribution in [0.2, 0.25) is 0 Å². The predicted octanol–water partition coefficient (Wildman–Crippen LogP) is 5.76. The lowest BCUT2D eigenvalue weighted by atomic mass is 10.1. The Morgan fingerprint density at radius 1 is 0.733 bits per heavy atom. The summed E-state index contributed by atoms with van der Waals surface area (Å²) < 4.78 is 58.9. The van der Waals surface area contributed by atoms with Crippen LogP contribution in [-0.2, 0) is 21.0 Å². The summed E-state index contributed by atoms with van der Waals surface area (Å²) in [7, 11) is -6.14. The molecule has 30 heavy (non-hydrogen) atoms. The van der Waals surface area contributed by atoms with Gasteiger partial charge >= 0.3 is 5.51 Å². The molecule has 0 radical (unpaired) electrons. The minimum Gasteiger partial charge on any atom is -0.741 e. The number of rotatable bonds is 3. The van der Waals surface area contributed by atoms with Gasteiger partial charge in [0, 0.05) is 5.56 Å². The van der Waals surface area contributed by atoms with Gasteiger partial charge in [-0.05, 0) is 62.2 Å². The summed E-state index contributed by atoms with van der Waals surface area (Å²) in [6.07, 6.45) is 0. The minimum absolute atomic E-state index is 0.0448. The number of hydrogen-bond acceptors (Lipinski definition) is 3. The van der Waals surface area contributed by atoms with Crippen LogP contribution >= 0.6 is 0 Å². The van der Waals surface area contributed by atoms with Crippen molar-refractivity contribution in [2.45, 2.75) is 41.0 Å². The summed E-state index contributed by atoms with van der Waals surface area (Å²) in [4.78, 5) is 4.18. The SMILES string of the molecule is Cc1ccc([S+](c2ccccc2)c2ccccc2)c(C)c1C.O=S(=O)([O-])C(F)(F)F. The fourth-order valence-corrected chi connectivity index (χ4v) is 4.96. The number of hydrogen-bond donors (Lipinski definition) is 0. The molecule has 0 aliphatic heterocycles. The lowest BCUT2D eigenvalue weighted by Crippen LogP contribution is -2.21. The smallest absolute Gasteiger partial charge is 0.485 e. The highest BCUT2D eigenvalue weighted by atomic mass is 32.2. The van der Waals surface area contributed by atoms with E-state index >= 15 is 0 Å². The zero-order valence-corrected chi connectivity index (χ0v) is 18.2. The first-order chi connectivity index (χ1) is 13.9. The van der Waals surface area contributed by atoms with Gasteiger partial charge in [-0.15, -0.1) is 0 Å². The van der Waals surface area contributed by atoms with Gasteiger partial charge in [0.1, 0.15) is 0 Å². The topological polar surface area (TPSA) is 57.2 Å². The molecule has 0 N–H and O–H groups in total. The van der Waals surface area contributed by atoms with Crippen LogP contribution in [0.5, 0.6) is 0 Å². The van der Waals surface area contributed by atoms with Gasteiger partial charge in [0.15, 0.2) is 24.8 Å². The van der Waals surface area contributed by atoms with E-state index < -0.39 is 15.6 Å². The number of aryl methyl sites for hydroxylation is 1. The zero-order chi connectivity index (χ0) is 22.5. The van der Waals surface area contributed by atoms with Gasteiger partial charge in [0.25, 0.3) is 0 Å². The summed E-state index contributed by atoms with van der Waals surface area (Å²) in [5.41, 5.74) is -1.46. The van der Waals surface area contributed by atoms with E-state index in [1.54, 1.807) is 0 Å². The molecule has 0 aliphatic carbocycles. The van der Waals surface area contributed by atoms with Gasteiger partial charge in [-0.3, -0.25) is 0 Å².